The molecule has 5 aliphatic heterocycles. The number of nitrogens with zero attached hydrogens (tertiary/aromatic N) is 3. The molecule has 0 bridgehead atoms. The monoisotopic (exact) mass is 702 g/mol. The first-order valence-electron chi connectivity index (χ1n) is 13.2. The molecule has 17 heteroatoms. The molecule has 5 saturated heterocycles. The van der Waals surface area contributed by atoms with Gasteiger partial charge in [0.2, 0.25) is 0 Å². The Kier molecular flexibility index (Phi) is 25.5. The zero-order valence-corrected chi connectivity index (χ0v) is 31.1. The van der Waals surface area contributed by atoms with Crippen molar-refractivity contribution in [3.63, 3.8) is 0 Å². The Morgan fingerprint density at radius 1 is 0.891 bits per heavy atom. The van der Waals surface area contributed by atoms with E-state index in [4.69, 9.17) is 24.3 Å². The summed E-state index contributed by atoms with van der Waals surface area (Å²) in [5, 5.41) is 30.6. The molecule has 0 saturated carbocycles. The average Bonchev–Trinajstić information content (AvgIpc) is 3.47. The van der Waals surface area contributed by atoms with E-state index < -0.39 is 10.7 Å². The molecule has 0 unspecified atom stereocenters. The van der Waals surface area contributed by atoms with Gasteiger partial charge in [0.05, 0.1) is 28.7 Å². The third-order valence-electron chi connectivity index (χ3n) is 6.99. The van der Waals surface area contributed by atoms with Gasteiger partial charge >= 0.3 is 103 Å². The zero-order chi connectivity index (χ0) is 30.4. The van der Waals surface area contributed by atoms with Gasteiger partial charge in [-0.2, -0.15) is 6.42 Å². The van der Waals surface area contributed by atoms with Gasteiger partial charge in [0.15, 0.2) is 0 Å². The fourth-order valence-corrected chi connectivity index (χ4v) is 4.31. The molecule has 0 aliphatic carbocycles. The van der Waals surface area contributed by atoms with E-state index >= 15 is 0 Å². The zero-order valence-electron chi connectivity index (χ0n) is 24.8. The third kappa shape index (κ3) is 15.4. The SMILES string of the molecule is C.C.C1CC2(CNC2)O1.O=[C-]OO.O=[N+]([O-])c1ccc(F)cc1.O=[N+]([O-])c1ccc(N2CC3(CCO3)C2)cc1.[CH-]1CCCO1.[K+].[K+]. The molecule has 2 aromatic rings. The minimum atomic E-state index is -0.570. The van der Waals surface area contributed by atoms with Crippen molar-refractivity contribution in [1.82, 2.24) is 5.32 Å². The Balaban J connectivity index is 0. The van der Waals surface area contributed by atoms with E-state index in [1.165, 1.54) is 12.8 Å². The first kappa shape index (κ1) is 47.6. The van der Waals surface area contributed by atoms with Crippen LogP contribution in [-0.4, -0.2) is 78.8 Å². The number of hydrogen-bond donors (Lipinski definition) is 2. The van der Waals surface area contributed by atoms with E-state index in [2.05, 4.69) is 15.1 Å². The predicted octanol–water partition coefficient (Wildman–Crippen LogP) is -1.16. The minimum Gasteiger partial charge on any atom is -0.552 e. The summed E-state index contributed by atoms with van der Waals surface area (Å²) >= 11 is 0. The van der Waals surface area contributed by atoms with Crippen molar-refractivity contribution >= 4 is 23.5 Å². The number of ether oxygens (including phenoxy) is 3. The van der Waals surface area contributed by atoms with E-state index in [0.717, 1.165) is 95.3 Å². The molecule has 2 aromatic carbocycles. The Morgan fingerprint density at radius 2 is 1.35 bits per heavy atom. The number of rotatable bonds is 4. The van der Waals surface area contributed by atoms with Gasteiger partial charge in [0.25, 0.3) is 11.4 Å². The molecule has 5 fully saturated rings. The van der Waals surface area contributed by atoms with Crippen LogP contribution < -0.4 is 113 Å². The standard InChI is InChI=1S/C11H12N2O3.C6H4FNO2.C5H9NO.C4H7O.CHO3.2CH4.2K/c14-13(15)10-3-1-9(2-4-10)12-7-11(8-12)5-6-16-11;7-5-1-3-6(4-2-5)8(9)10;1-2-7-5(1)3-6-4-5;1-2-4-5-3-1;2-1-4-3;;;;/h1-4H,5-8H2;1-4H;6H,1-4H2;3H,1-2,4H2;3H;2*1H4;;/q;;;2*-1;;;2*+1. The summed E-state index contributed by atoms with van der Waals surface area (Å²) in [6.45, 7) is 9.39. The van der Waals surface area contributed by atoms with Crippen LogP contribution in [0.3, 0.4) is 0 Å². The first-order chi connectivity index (χ1) is 20.2. The van der Waals surface area contributed by atoms with Crippen molar-refractivity contribution in [2.45, 2.75) is 51.7 Å². The van der Waals surface area contributed by atoms with E-state index in [1.807, 2.05) is 6.61 Å². The average molecular weight is 703 g/mol. The van der Waals surface area contributed by atoms with Crippen LogP contribution in [0.1, 0.15) is 40.5 Å². The Morgan fingerprint density at radius 3 is 1.59 bits per heavy atom. The molecule has 7 rings (SSSR count). The van der Waals surface area contributed by atoms with Crippen LogP contribution in [-0.2, 0) is 23.9 Å². The van der Waals surface area contributed by atoms with E-state index in [0.29, 0.717) is 5.60 Å². The van der Waals surface area contributed by atoms with Crippen molar-refractivity contribution in [1.29, 1.82) is 0 Å². The second-order valence-electron chi connectivity index (χ2n) is 9.88. The fourth-order valence-electron chi connectivity index (χ4n) is 4.31. The number of halogens is 1. The smallest absolute Gasteiger partial charge is 0.552 e. The van der Waals surface area contributed by atoms with Gasteiger partial charge in [0.1, 0.15) is 11.4 Å². The van der Waals surface area contributed by atoms with E-state index in [1.54, 1.807) is 24.3 Å². The van der Waals surface area contributed by atoms with Crippen molar-refractivity contribution < 1.29 is 146 Å². The number of nitro benzene ring substituents is 2. The Hall–Kier alpha value is -0.487. The first-order valence-corrected chi connectivity index (χ1v) is 13.2. The van der Waals surface area contributed by atoms with Crippen molar-refractivity contribution in [3.8, 4) is 0 Å². The maximum Gasteiger partial charge on any atom is 1.00 e. The Bertz CT molecular complexity index is 1120. The van der Waals surface area contributed by atoms with Gasteiger partial charge in [-0.3, -0.25) is 20.2 Å². The molecule has 46 heavy (non-hydrogen) atoms. The second kappa shape index (κ2) is 24.6. The van der Waals surface area contributed by atoms with Gasteiger partial charge < -0.3 is 34.1 Å². The van der Waals surface area contributed by atoms with Gasteiger partial charge in [-0.15, -0.1) is 0 Å². The second-order valence-corrected chi connectivity index (χ2v) is 9.88. The van der Waals surface area contributed by atoms with E-state index in [-0.39, 0.29) is 140 Å². The molecule has 0 aromatic heterocycles. The molecule has 0 amide bonds. The van der Waals surface area contributed by atoms with Crippen LogP contribution in [0.4, 0.5) is 21.5 Å². The number of benzene rings is 2. The normalized spacial score (nSPS) is 17.7. The van der Waals surface area contributed by atoms with Crippen LogP contribution in [0.15, 0.2) is 48.5 Å². The number of non-ortho nitro benzene ring substituents is 2. The number of hydrogen-bond acceptors (Lipinski definition) is 12. The molecule has 5 aliphatic rings. The van der Waals surface area contributed by atoms with Gasteiger partial charge in [0, 0.05) is 75.6 Å². The van der Waals surface area contributed by atoms with Crippen LogP contribution in [0, 0.1) is 32.7 Å². The summed E-state index contributed by atoms with van der Waals surface area (Å²) in [5.74, 6) is -0.467. The van der Waals surface area contributed by atoms with Crippen LogP contribution in [0.25, 0.3) is 0 Å². The molecule has 2 spiro atoms. The summed E-state index contributed by atoms with van der Waals surface area (Å²) in [5.41, 5.74) is 1.51. The molecular weight excluding hydrogens is 662 g/mol. The maximum absolute atomic E-state index is 12.1. The largest absolute Gasteiger partial charge is 1.00 e. The summed E-state index contributed by atoms with van der Waals surface area (Å²) in [7, 11) is 0. The fraction of sp³-hybridized carbons (Fsp3) is 0.517. The molecule has 14 nitrogen and oxygen atoms in total. The summed E-state index contributed by atoms with van der Waals surface area (Å²) < 4.78 is 27.8. The number of nitrogens with one attached hydrogen (secondary N) is 1. The van der Waals surface area contributed by atoms with Crippen molar-refractivity contribution in [2.75, 3.05) is 50.9 Å². The predicted molar refractivity (Wildman–Crippen MR) is 160 cm³/mol. The summed E-state index contributed by atoms with van der Waals surface area (Å²) in [6, 6.07) is 11.0. The topological polar surface area (TPSA) is 176 Å². The van der Waals surface area contributed by atoms with Crippen LogP contribution >= 0.6 is 0 Å². The quantitative estimate of drug-likeness (QED) is 0.129. The molecule has 2 N–H and O–H groups in total. The molecule has 246 valence electrons. The van der Waals surface area contributed by atoms with Crippen LogP contribution in [0.2, 0.25) is 0 Å². The third-order valence-corrected chi connectivity index (χ3v) is 6.99. The molecule has 0 radical (unpaired) electrons. The van der Waals surface area contributed by atoms with Gasteiger partial charge in [-0.25, -0.2) is 16.3 Å². The number of nitro groups is 2. The minimum absolute atomic E-state index is 0. The summed E-state index contributed by atoms with van der Waals surface area (Å²) in [6.07, 6.45) is 4.79. The van der Waals surface area contributed by atoms with Gasteiger partial charge in [-0.1, -0.05) is 21.3 Å². The number of anilines is 1. The van der Waals surface area contributed by atoms with E-state index in [9.17, 15) is 24.6 Å². The summed E-state index contributed by atoms with van der Waals surface area (Å²) in [4.78, 5) is 33.0. The van der Waals surface area contributed by atoms with Gasteiger partial charge in [-0.05, 0) is 30.7 Å². The number of carbonyl (C=O) groups excluding carboxylic acids is 1. The van der Waals surface area contributed by atoms with Crippen molar-refractivity contribution in [3.05, 3.63) is 81.2 Å². The molecule has 0 atom stereocenters. The molecular formula is C29H41FK2N4O10. The van der Waals surface area contributed by atoms with Crippen LogP contribution in [0.5, 0.6) is 0 Å². The Labute approximate surface area is 354 Å². The van der Waals surface area contributed by atoms with Crippen molar-refractivity contribution in [2.24, 2.45) is 0 Å². The maximum atomic E-state index is 12.1. The molecule has 5 heterocycles.